The molecule has 1 atom stereocenters. The molecule has 0 aliphatic carbocycles. The van der Waals surface area contributed by atoms with Gasteiger partial charge >= 0.3 is 0 Å². The maximum absolute atomic E-state index is 11.5. The van der Waals surface area contributed by atoms with Crippen LogP contribution in [0.2, 0.25) is 5.02 Å². The van der Waals surface area contributed by atoms with Crippen molar-refractivity contribution in [3.63, 3.8) is 0 Å². The number of phenols is 1. The summed E-state index contributed by atoms with van der Waals surface area (Å²) in [4.78, 5) is 13.7. The molecule has 0 spiro atoms. The molecule has 1 aromatic carbocycles. The first-order chi connectivity index (χ1) is 9.51. The van der Waals surface area contributed by atoms with Gasteiger partial charge in [0.1, 0.15) is 5.75 Å². The van der Waals surface area contributed by atoms with Gasteiger partial charge in [0.15, 0.2) is 5.78 Å². The zero-order valence-corrected chi connectivity index (χ0v) is 12.4. The van der Waals surface area contributed by atoms with Gasteiger partial charge in [-0.1, -0.05) is 11.6 Å². The fourth-order valence-electron chi connectivity index (χ4n) is 2.76. The first-order valence-electron chi connectivity index (χ1n) is 6.86. The quantitative estimate of drug-likeness (QED) is 0.820. The van der Waals surface area contributed by atoms with E-state index in [4.69, 9.17) is 16.7 Å². The normalized spacial score (nSPS) is 19.4. The van der Waals surface area contributed by atoms with Gasteiger partial charge in [-0.2, -0.15) is 0 Å². The number of carbonyl (C=O) groups is 1. The molecular weight excluding hydrogens is 278 g/mol. The predicted molar refractivity (Wildman–Crippen MR) is 78.2 cm³/mol. The maximum Gasteiger partial charge on any atom is 0.163 e. The molecule has 2 N–H and O–H groups in total. The van der Waals surface area contributed by atoms with Crippen LogP contribution in [0.25, 0.3) is 0 Å². The van der Waals surface area contributed by atoms with Gasteiger partial charge in [-0.3, -0.25) is 9.69 Å². The molecule has 2 rings (SSSR count). The van der Waals surface area contributed by atoms with Gasteiger partial charge in [0, 0.05) is 30.3 Å². The molecule has 0 radical (unpaired) electrons. The molecular formula is C15H20ClNO3. The number of aromatic hydroxyl groups is 1. The van der Waals surface area contributed by atoms with E-state index >= 15 is 0 Å². The number of Topliss-reactive ketones (excluding diaryl/α,β-unsaturated/α-hetero) is 1. The van der Waals surface area contributed by atoms with Crippen molar-refractivity contribution in [3.05, 3.63) is 28.3 Å². The minimum atomic E-state index is -0.189. The van der Waals surface area contributed by atoms with Crippen LogP contribution in [0.4, 0.5) is 0 Å². The third kappa shape index (κ3) is 3.51. The summed E-state index contributed by atoms with van der Waals surface area (Å²) in [6.07, 6.45) is 1.87. The monoisotopic (exact) mass is 297 g/mol. The number of aliphatic hydroxyl groups excluding tert-OH is 1. The summed E-state index contributed by atoms with van der Waals surface area (Å²) in [5, 5.41) is 19.6. The molecule has 20 heavy (non-hydrogen) atoms. The van der Waals surface area contributed by atoms with Crippen molar-refractivity contribution < 1.29 is 15.0 Å². The van der Waals surface area contributed by atoms with E-state index in [1.54, 1.807) is 6.07 Å². The third-order valence-electron chi connectivity index (χ3n) is 3.83. The second-order valence-corrected chi connectivity index (χ2v) is 5.86. The summed E-state index contributed by atoms with van der Waals surface area (Å²) in [6.45, 7) is 4.06. The first-order valence-corrected chi connectivity index (χ1v) is 7.24. The Morgan fingerprint density at radius 2 is 2.25 bits per heavy atom. The van der Waals surface area contributed by atoms with Crippen LogP contribution in [-0.2, 0) is 6.54 Å². The number of hydrogen-bond acceptors (Lipinski definition) is 4. The summed E-state index contributed by atoms with van der Waals surface area (Å²) in [6, 6.07) is 3.21. The average Bonchev–Trinajstić information content (AvgIpc) is 2.81. The molecule has 0 saturated carbocycles. The Kier molecular flexibility index (Phi) is 5.02. The van der Waals surface area contributed by atoms with Gasteiger partial charge in [0.05, 0.1) is 5.56 Å². The van der Waals surface area contributed by atoms with Crippen molar-refractivity contribution in [1.29, 1.82) is 0 Å². The minimum Gasteiger partial charge on any atom is -0.507 e. The Balaban J connectivity index is 2.12. The summed E-state index contributed by atoms with van der Waals surface area (Å²) in [5.41, 5.74) is 0.964. The number of carbonyl (C=O) groups excluding carboxylic acids is 1. The zero-order valence-electron chi connectivity index (χ0n) is 11.6. The lowest BCUT2D eigenvalue weighted by atomic mass is 10.0. The van der Waals surface area contributed by atoms with E-state index in [-0.39, 0.29) is 23.7 Å². The van der Waals surface area contributed by atoms with Crippen molar-refractivity contribution in [3.8, 4) is 5.75 Å². The van der Waals surface area contributed by atoms with Crippen molar-refractivity contribution in [1.82, 2.24) is 4.90 Å². The summed E-state index contributed by atoms with van der Waals surface area (Å²) in [7, 11) is 0. The highest BCUT2D eigenvalue weighted by Crippen LogP contribution is 2.30. The van der Waals surface area contributed by atoms with Gasteiger partial charge < -0.3 is 10.2 Å². The smallest absolute Gasteiger partial charge is 0.163 e. The number of rotatable bonds is 5. The molecule has 1 fully saturated rings. The van der Waals surface area contributed by atoms with Crippen LogP contribution in [0.1, 0.15) is 35.7 Å². The highest BCUT2D eigenvalue weighted by molar-refractivity contribution is 6.31. The van der Waals surface area contributed by atoms with Crippen molar-refractivity contribution in [2.24, 2.45) is 5.92 Å². The Bertz CT molecular complexity index is 504. The van der Waals surface area contributed by atoms with E-state index in [9.17, 15) is 9.90 Å². The van der Waals surface area contributed by atoms with Crippen LogP contribution in [0, 0.1) is 5.92 Å². The highest BCUT2D eigenvalue weighted by Gasteiger charge is 2.23. The molecule has 5 heteroatoms. The van der Waals surface area contributed by atoms with Crippen LogP contribution in [-0.4, -0.2) is 40.6 Å². The number of phenolic OH excluding ortho intramolecular Hbond substituents is 1. The standard InChI is InChI=1S/C15H20ClNO3/c1-10(19)14-7-13(16)6-12(15(14)20)9-17-4-2-11(8-17)3-5-18/h6-7,11,18,20H,2-5,8-9H2,1H3. The van der Waals surface area contributed by atoms with Crippen LogP contribution in [0.5, 0.6) is 5.75 Å². The van der Waals surface area contributed by atoms with Crippen LogP contribution < -0.4 is 0 Å². The number of halogens is 1. The van der Waals surface area contributed by atoms with E-state index in [1.807, 2.05) is 0 Å². The molecule has 1 saturated heterocycles. The van der Waals surface area contributed by atoms with Crippen molar-refractivity contribution in [2.75, 3.05) is 19.7 Å². The number of benzene rings is 1. The lowest BCUT2D eigenvalue weighted by Gasteiger charge is -2.18. The van der Waals surface area contributed by atoms with Crippen LogP contribution in [0.3, 0.4) is 0 Å². The fraction of sp³-hybridized carbons (Fsp3) is 0.533. The van der Waals surface area contributed by atoms with Crippen molar-refractivity contribution >= 4 is 17.4 Å². The number of nitrogens with zero attached hydrogens (tertiary/aromatic N) is 1. The Morgan fingerprint density at radius 1 is 1.50 bits per heavy atom. The summed E-state index contributed by atoms with van der Waals surface area (Å²) >= 11 is 6.01. The molecule has 1 aromatic rings. The second-order valence-electron chi connectivity index (χ2n) is 5.42. The maximum atomic E-state index is 11.5. The molecule has 1 heterocycles. The molecule has 1 unspecified atom stereocenters. The largest absolute Gasteiger partial charge is 0.507 e. The van der Waals surface area contributed by atoms with Gasteiger partial charge in [0.2, 0.25) is 0 Å². The molecule has 0 amide bonds. The number of likely N-dealkylation sites (tertiary alicyclic amines) is 1. The number of aliphatic hydroxyl groups is 1. The number of ketones is 1. The molecule has 0 aromatic heterocycles. The first kappa shape index (κ1) is 15.3. The van der Waals surface area contributed by atoms with E-state index in [0.717, 1.165) is 25.9 Å². The Morgan fingerprint density at radius 3 is 2.90 bits per heavy atom. The fourth-order valence-corrected chi connectivity index (χ4v) is 3.00. The van der Waals surface area contributed by atoms with Crippen molar-refractivity contribution in [2.45, 2.75) is 26.3 Å². The summed E-state index contributed by atoms with van der Waals surface area (Å²) < 4.78 is 0. The van der Waals surface area contributed by atoms with E-state index in [1.165, 1.54) is 13.0 Å². The minimum absolute atomic E-state index is 0.0347. The van der Waals surface area contributed by atoms with E-state index in [0.29, 0.717) is 23.0 Å². The third-order valence-corrected chi connectivity index (χ3v) is 4.05. The molecule has 110 valence electrons. The van der Waals surface area contributed by atoms with Gasteiger partial charge in [-0.15, -0.1) is 0 Å². The highest BCUT2D eigenvalue weighted by atomic mass is 35.5. The molecule has 1 aliphatic heterocycles. The topological polar surface area (TPSA) is 60.8 Å². The number of hydrogen-bond donors (Lipinski definition) is 2. The zero-order chi connectivity index (χ0) is 14.7. The lowest BCUT2D eigenvalue weighted by molar-refractivity contribution is 0.101. The van der Waals surface area contributed by atoms with Crippen LogP contribution in [0.15, 0.2) is 12.1 Å². The molecule has 4 nitrogen and oxygen atoms in total. The summed E-state index contributed by atoms with van der Waals surface area (Å²) in [5.74, 6) is 0.354. The van der Waals surface area contributed by atoms with Crippen LogP contribution >= 0.6 is 11.6 Å². The molecule has 0 bridgehead atoms. The Hall–Kier alpha value is -1.10. The predicted octanol–water partition coefficient (Wildman–Crippen LogP) is 2.45. The Labute approximate surface area is 124 Å². The lowest BCUT2D eigenvalue weighted by Crippen LogP contribution is -2.20. The van der Waals surface area contributed by atoms with E-state index in [2.05, 4.69) is 4.90 Å². The van der Waals surface area contributed by atoms with Gasteiger partial charge in [-0.05, 0) is 44.4 Å². The average molecular weight is 298 g/mol. The SMILES string of the molecule is CC(=O)c1cc(Cl)cc(CN2CCC(CCO)C2)c1O. The second kappa shape index (κ2) is 6.57. The van der Waals surface area contributed by atoms with E-state index < -0.39 is 0 Å². The van der Waals surface area contributed by atoms with Gasteiger partial charge in [0.25, 0.3) is 0 Å². The van der Waals surface area contributed by atoms with Gasteiger partial charge in [-0.25, -0.2) is 0 Å². The molecule has 1 aliphatic rings.